The fourth-order valence-corrected chi connectivity index (χ4v) is 2.27. The molecule has 4 nitrogen and oxygen atoms in total. The highest BCUT2D eigenvalue weighted by Gasteiger charge is 2.26. The van der Waals surface area contributed by atoms with Crippen molar-refractivity contribution in [3.05, 3.63) is 16.1 Å². The van der Waals surface area contributed by atoms with Gasteiger partial charge in [0.15, 0.2) is 0 Å². The van der Waals surface area contributed by atoms with Crippen molar-refractivity contribution in [3.8, 4) is 0 Å². The van der Waals surface area contributed by atoms with Gasteiger partial charge in [-0.1, -0.05) is 0 Å². The molecular weight excluding hydrogens is 210 g/mol. The molecule has 1 saturated carbocycles. The van der Waals surface area contributed by atoms with E-state index < -0.39 is 0 Å². The maximum absolute atomic E-state index is 10.8. The van der Waals surface area contributed by atoms with Gasteiger partial charge in [-0.3, -0.25) is 4.79 Å². The first-order valence-electron chi connectivity index (χ1n) is 5.14. The topological polar surface area (TPSA) is 68.0 Å². The highest BCUT2D eigenvalue weighted by molar-refractivity contribution is 7.09. The molecule has 1 aliphatic rings. The molecule has 0 spiro atoms. The zero-order valence-electron chi connectivity index (χ0n) is 8.69. The monoisotopic (exact) mass is 225 g/mol. The van der Waals surface area contributed by atoms with Gasteiger partial charge in [-0.15, -0.1) is 11.3 Å². The Morgan fingerprint density at radius 2 is 2.53 bits per heavy atom. The first-order valence-corrected chi connectivity index (χ1v) is 6.02. The minimum Gasteiger partial charge on any atom is -0.368 e. The summed E-state index contributed by atoms with van der Waals surface area (Å²) >= 11 is 1.71. The summed E-state index contributed by atoms with van der Waals surface area (Å²) in [5, 5.41) is 6.33. The Bertz CT molecular complexity index is 359. The van der Waals surface area contributed by atoms with Crippen LogP contribution in [0.1, 0.15) is 36.4 Å². The summed E-state index contributed by atoms with van der Waals surface area (Å²) in [6, 6.07) is -0.295. The third-order valence-electron chi connectivity index (χ3n) is 2.51. The van der Waals surface area contributed by atoms with Crippen molar-refractivity contribution >= 4 is 17.2 Å². The molecule has 1 fully saturated rings. The van der Waals surface area contributed by atoms with E-state index in [2.05, 4.69) is 10.3 Å². The number of rotatable bonds is 5. The van der Waals surface area contributed by atoms with Crippen LogP contribution in [0.4, 0.5) is 0 Å². The Morgan fingerprint density at radius 1 is 1.80 bits per heavy atom. The molecule has 1 aromatic rings. The third-order valence-corrected chi connectivity index (χ3v) is 3.57. The van der Waals surface area contributed by atoms with E-state index >= 15 is 0 Å². The average molecular weight is 225 g/mol. The minimum atomic E-state index is -0.326. The maximum Gasteiger partial charge on any atom is 0.234 e. The average Bonchev–Trinajstić information content (AvgIpc) is 2.95. The molecule has 1 aromatic heterocycles. The Kier molecular flexibility index (Phi) is 3.02. The quantitative estimate of drug-likeness (QED) is 0.785. The SMILES string of the molecule is CC(NCc1csc(C2CC2)n1)C(N)=O. The van der Waals surface area contributed by atoms with Crippen molar-refractivity contribution in [2.75, 3.05) is 0 Å². The fourth-order valence-electron chi connectivity index (χ4n) is 1.28. The van der Waals surface area contributed by atoms with E-state index in [0.29, 0.717) is 12.5 Å². The van der Waals surface area contributed by atoms with E-state index in [1.807, 2.05) is 5.38 Å². The third kappa shape index (κ3) is 2.76. The van der Waals surface area contributed by atoms with E-state index in [1.54, 1.807) is 18.3 Å². The summed E-state index contributed by atoms with van der Waals surface area (Å²) in [5.74, 6) is 0.380. The van der Waals surface area contributed by atoms with Crippen LogP contribution in [0, 0.1) is 0 Å². The normalized spacial score (nSPS) is 17.7. The van der Waals surface area contributed by atoms with Crippen LogP contribution >= 0.6 is 11.3 Å². The molecule has 1 heterocycles. The molecule has 1 aliphatic carbocycles. The molecule has 1 unspecified atom stereocenters. The number of amides is 1. The second-order valence-electron chi connectivity index (χ2n) is 3.96. The van der Waals surface area contributed by atoms with Gasteiger partial charge in [0.05, 0.1) is 16.7 Å². The zero-order chi connectivity index (χ0) is 10.8. The largest absolute Gasteiger partial charge is 0.368 e. The van der Waals surface area contributed by atoms with Crippen LogP contribution in [0.3, 0.4) is 0 Å². The number of primary amides is 1. The molecule has 82 valence electrons. The number of nitrogens with zero attached hydrogens (tertiary/aromatic N) is 1. The van der Waals surface area contributed by atoms with E-state index in [4.69, 9.17) is 5.73 Å². The summed E-state index contributed by atoms with van der Waals surface area (Å²) in [6.45, 7) is 2.38. The lowest BCUT2D eigenvalue weighted by atomic mass is 10.3. The maximum atomic E-state index is 10.8. The lowest BCUT2D eigenvalue weighted by Gasteiger charge is -2.07. The number of carbonyl (C=O) groups excluding carboxylic acids is 1. The summed E-state index contributed by atoms with van der Waals surface area (Å²) in [4.78, 5) is 15.3. The molecule has 1 atom stereocenters. The summed E-state index contributed by atoms with van der Waals surface area (Å²) in [5.41, 5.74) is 6.15. The zero-order valence-corrected chi connectivity index (χ0v) is 9.51. The second kappa shape index (κ2) is 4.28. The van der Waals surface area contributed by atoms with Gasteiger partial charge in [0.2, 0.25) is 5.91 Å². The summed E-state index contributed by atoms with van der Waals surface area (Å²) in [7, 11) is 0. The van der Waals surface area contributed by atoms with E-state index in [0.717, 1.165) is 5.69 Å². The number of hydrogen-bond donors (Lipinski definition) is 2. The minimum absolute atomic E-state index is 0.295. The molecule has 0 aliphatic heterocycles. The lowest BCUT2D eigenvalue weighted by molar-refractivity contribution is -0.119. The molecule has 0 radical (unpaired) electrons. The number of carbonyl (C=O) groups is 1. The number of thiazole rings is 1. The van der Waals surface area contributed by atoms with Crippen molar-refractivity contribution in [1.29, 1.82) is 0 Å². The molecule has 2 rings (SSSR count). The molecular formula is C10H15N3OS. The molecule has 0 aromatic carbocycles. The van der Waals surface area contributed by atoms with Gasteiger partial charge >= 0.3 is 0 Å². The standard InChI is InChI=1S/C10H15N3OS/c1-6(9(11)14)12-4-8-5-15-10(13-8)7-2-3-7/h5-7,12H,2-4H2,1H3,(H2,11,14). The Balaban J connectivity index is 1.85. The summed E-state index contributed by atoms with van der Waals surface area (Å²) < 4.78 is 0. The van der Waals surface area contributed by atoms with Gasteiger partial charge in [0, 0.05) is 17.8 Å². The number of nitrogens with one attached hydrogen (secondary N) is 1. The number of hydrogen-bond acceptors (Lipinski definition) is 4. The Labute approximate surface area is 92.9 Å². The van der Waals surface area contributed by atoms with Gasteiger partial charge in [-0.25, -0.2) is 4.98 Å². The van der Waals surface area contributed by atoms with E-state index in [-0.39, 0.29) is 11.9 Å². The van der Waals surface area contributed by atoms with Gasteiger partial charge in [-0.2, -0.15) is 0 Å². The Hall–Kier alpha value is -0.940. The van der Waals surface area contributed by atoms with Gasteiger partial charge in [0.25, 0.3) is 0 Å². The van der Waals surface area contributed by atoms with Crippen LogP contribution in [0.15, 0.2) is 5.38 Å². The van der Waals surface area contributed by atoms with Crippen LogP contribution in [0.2, 0.25) is 0 Å². The molecule has 0 saturated heterocycles. The van der Waals surface area contributed by atoms with Crippen LogP contribution in [0.25, 0.3) is 0 Å². The molecule has 3 N–H and O–H groups in total. The van der Waals surface area contributed by atoms with Crippen molar-refractivity contribution in [2.24, 2.45) is 5.73 Å². The van der Waals surface area contributed by atoms with Crippen molar-refractivity contribution in [3.63, 3.8) is 0 Å². The fraction of sp³-hybridized carbons (Fsp3) is 0.600. The van der Waals surface area contributed by atoms with Gasteiger partial charge < -0.3 is 11.1 Å². The molecule has 1 amide bonds. The number of aromatic nitrogens is 1. The van der Waals surface area contributed by atoms with Crippen LogP contribution < -0.4 is 11.1 Å². The van der Waals surface area contributed by atoms with Crippen LogP contribution in [-0.2, 0) is 11.3 Å². The summed E-state index contributed by atoms with van der Waals surface area (Å²) in [6.07, 6.45) is 2.55. The van der Waals surface area contributed by atoms with Crippen LogP contribution in [0.5, 0.6) is 0 Å². The van der Waals surface area contributed by atoms with Gasteiger partial charge in [-0.05, 0) is 19.8 Å². The highest BCUT2D eigenvalue weighted by Crippen LogP contribution is 2.41. The van der Waals surface area contributed by atoms with Crippen molar-refractivity contribution in [1.82, 2.24) is 10.3 Å². The number of nitrogens with two attached hydrogens (primary N) is 1. The van der Waals surface area contributed by atoms with E-state index in [1.165, 1.54) is 17.8 Å². The Morgan fingerprint density at radius 3 is 3.13 bits per heavy atom. The second-order valence-corrected chi connectivity index (χ2v) is 4.85. The lowest BCUT2D eigenvalue weighted by Crippen LogP contribution is -2.38. The van der Waals surface area contributed by atoms with Crippen molar-refractivity contribution in [2.45, 2.75) is 38.3 Å². The van der Waals surface area contributed by atoms with Crippen molar-refractivity contribution < 1.29 is 4.79 Å². The predicted octanol–water partition coefficient (Wildman–Crippen LogP) is 0.984. The van der Waals surface area contributed by atoms with E-state index in [9.17, 15) is 4.79 Å². The highest BCUT2D eigenvalue weighted by atomic mass is 32.1. The van der Waals surface area contributed by atoms with Crippen LogP contribution in [-0.4, -0.2) is 16.9 Å². The smallest absolute Gasteiger partial charge is 0.234 e. The molecule has 15 heavy (non-hydrogen) atoms. The first-order chi connectivity index (χ1) is 7.16. The van der Waals surface area contributed by atoms with Gasteiger partial charge in [0.1, 0.15) is 0 Å². The molecule has 0 bridgehead atoms. The molecule has 5 heteroatoms. The predicted molar refractivity (Wildman–Crippen MR) is 59.6 cm³/mol. The first kappa shape index (κ1) is 10.6.